The summed E-state index contributed by atoms with van der Waals surface area (Å²) in [5, 5.41) is 10.5. The van der Waals surface area contributed by atoms with Gasteiger partial charge in [-0.2, -0.15) is 0 Å². The van der Waals surface area contributed by atoms with E-state index in [0.717, 1.165) is 21.8 Å². The van der Waals surface area contributed by atoms with Crippen LogP contribution in [-0.2, 0) is 0 Å². The van der Waals surface area contributed by atoms with Crippen LogP contribution in [0.4, 0.5) is 0 Å². The van der Waals surface area contributed by atoms with Crippen LogP contribution >= 0.6 is 11.8 Å². The average molecular weight is 274 g/mol. The lowest BCUT2D eigenvalue weighted by Gasteiger charge is -2.15. The van der Waals surface area contributed by atoms with Crippen LogP contribution in [0, 0.1) is 0 Å². The molecule has 2 nitrogen and oxygen atoms in total. The second-order valence-corrected chi connectivity index (χ2v) is 5.00. The first-order valence-corrected chi connectivity index (χ1v) is 7.52. The largest absolute Gasteiger partial charge is 0.494 e. The Kier molecular flexibility index (Phi) is 4.88. The SMILES string of the molecule is CCOc1cccc(C(O)c2ccccc2SC)c1. The molecule has 100 valence electrons. The molecule has 0 aliphatic heterocycles. The van der Waals surface area contributed by atoms with Gasteiger partial charge >= 0.3 is 0 Å². The summed E-state index contributed by atoms with van der Waals surface area (Å²) in [5.74, 6) is 0.792. The lowest BCUT2D eigenvalue weighted by atomic mass is 10.0. The third-order valence-corrected chi connectivity index (χ3v) is 3.73. The smallest absolute Gasteiger partial charge is 0.119 e. The molecule has 0 fully saturated rings. The van der Waals surface area contributed by atoms with E-state index in [-0.39, 0.29) is 0 Å². The number of hydrogen-bond acceptors (Lipinski definition) is 3. The van der Waals surface area contributed by atoms with E-state index in [1.165, 1.54) is 0 Å². The fraction of sp³-hybridized carbons (Fsp3) is 0.250. The third kappa shape index (κ3) is 3.31. The number of hydrogen-bond donors (Lipinski definition) is 1. The van der Waals surface area contributed by atoms with Crippen molar-refractivity contribution in [2.75, 3.05) is 12.9 Å². The highest BCUT2D eigenvalue weighted by molar-refractivity contribution is 7.98. The van der Waals surface area contributed by atoms with Crippen LogP contribution < -0.4 is 4.74 Å². The van der Waals surface area contributed by atoms with Crippen molar-refractivity contribution in [2.24, 2.45) is 0 Å². The molecule has 0 aromatic heterocycles. The van der Waals surface area contributed by atoms with E-state index >= 15 is 0 Å². The van der Waals surface area contributed by atoms with Crippen LogP contribution in [0.25, 0.3) is 0 Å². The molecule has 3 heteroatoms. The van der Waals surface area contributed by atoms with E-state index in [1.54, 1.807) is 11.8 Å². The minimum absolute atomic E-state index is 0.621. The molecule has 0 spiro atoms. The number of rotatable bonds is 5. The van der Waals surface area contributed by atoms with E-state index in [2.05, 4.69) is 0 Å². The Labute approximate surface area is 118 Å². The first-order valence-electron chi connectivity index (χ1n) is 6.30. The Morgan fingerprint density at radius 1 is 1.16 bits per heavy atom. The molecule has 1 unspecified atom stereocenters. The van der Waals surface area contributed by atoms with Gasteiger partial charge in [-0.15, -0.1) is 11.8 Å². The molecule has 0 radical (unpaired) electrons. The van der Waals surface area contributed by atoms with E-state index in [0.29, 0.717) is 6.61 Å². The average Bonchev–Trinajstić information content (AvgIpc) is 2.47. The molecule has 2 aromatic rings. The highest BCUT2D eigenvalue weighted by atomic mass is 32.2. The molecular formula is C16H18O2S. The molecule has 0 aliphatic rings. The second kappa shape index (κ2) is 6.64. The molecular weight excluding hydrogens is 256 g/mol. The maximum Gasteiger partial charge on any atom is 0.119 e. The Morgan fingerprint density at radius 3 is 2.68 bits per heavy atom. The van der Waals surface area contributed by atoms with Crippen molar-refractivity contribution in [1.29, 1.82) is 0 Å². The first kappa shape index (κ1) is 14.0. The number of benzene rings is 2. The molecule has 1 N–H and O–H groups in total. The maximum atomic E-state index is 10.5. The van der Waals surface area contributed by atoms with Gasteiger partial charge in [0, 0.05) is 4.90 Å². The van der Waals surface area contributed by atoms with Crippen molar-refractivity contribution < 1.29 is 9.84 Å². The van der Waals surface area contributed by atoms with Crippen molar-refractivity contribution in [2.45, 2.75) is 17.9 Å². The van der Waals surface area contributed by atoms with E-state index in [1.807, 2.05) is 61.7 Å². The van der Waals surface area contributed by atoms with Gasteiger partial charge in [0.1, 0.15) is 11.9 Å². The highest BCUT2D eigenvalue weighted by Crippen LogP contribution is 2.31. The minimum atomic E-state index is -0.621. The summed E-state index contributed by atoms with van der Waals surface area (Å²) >= 11 is 1.64. The minimum Gasteiger partial charge on any atom is -0.494 e. The summed E-state index contributed by atoms with van der Waals surface area (Å²) in [6, 6.07) is 15.5. The molecule has 0 saturated carbocycles. The Bertz CT molecular complexity index is 540. The molecule has 1 atom stereocenters. The van der Waals surface area contributed by atoms with Gasteiger partial charge in [0.2, 0.25) is 0 Å². The Hall–Kier alpha value is -1.45. The van der Waals surface area contributed by atoms with E-state index in [9.17, 15) is 5.11 Å². The van der Waals surface area contributed by atoms with Gasteiger partial charge in [-0.25, -0.2) is 0 Å². The predicted molar refractivity (Wildman–Crippen MR) is 79.9 cm³/mol. The van der Waals surface area contributed by atoms with Gasteiger partial charge in [0.05, 0.1) is 6.61 Å². The number of ether oxygens (including phenoxy) is 1. The number of aliphatic hydroxyl groups excluding tert-OH is 1. The summed E-state index contributed by atoms with van der Waals surface area (Å²) in [7, 11) is 0. The van der Waals surface area contributed by atoms with Crippen molar-refractivity contribution in [3.63, 3.8) is 0 Å². The van der Waals surface area contributed by atoms with Gasteiger partial charge in [-0.1, -0.05) is 30.3 Å². The van der Waals surface area contributed by atoms with Gasteiger partial charge < -0.3 is 9.84 Å². The molecule has 0 amide bonds. The first-order chi connectivity index (χ1) is 9.26. The topological polar surface area (TPSA) is 29.5 Å². The molecule has 0 aliphatic carbocycles. The molecule has 0 saturated heterocycles. The van der Waals surface area contributed by atoms with Crippen molar-refractivity contribution >= 4 is 11.8 Å². The van der Waals surface area contributed by atoms with Crippen LogP contribution in [0.15, 0.2) is 53.4 Å². The van der Waals surface area contributed by atoms with Crippen LogP contribution in [0.5, 0.6) is 5.75 Å². The lowest BCUT2D eigenvalue weighted by Crippen LogP contribution is -2.02. The molecule has 2 rings (SSSR count). The molecule has 0 heterocycles. The van der Waals surface area contributed by atoms with Crippen LogP contribution in [-0.4, -0.2) is 18.0 Å². The summed E-state index contributed by atoms with van der Waals surface area (Å²) in [6.07, 6.45) is 1.39. The summed E-state index contributed by atoms with van der Waals surface area (Å²) < 4.78 is 5.47. The zero-order valence-corrected chi connectivity index (χ0v) is 12.0. The van der Waals surface area contributed by atoms with Gasteiger partial charge in [0.15, 0.2) is 0 Å². The van der Waals surface area contributed by atoms with Crippen LogP contribution in [0.3, 0.4) is 0 Å². The van der Waals surface area contributed by atoms with Gasteiger partial charge in [0.25, 0.3) is 0 Å². The zero-order chi connectivity index (χ0) is 13.7. The molecule has 19 heavy (non-hydrogen) atoms. The van der Waals surface area contributed by atoms with E-state index < -0.39 is 6.10 Å². The Balaban J connectivity index is 2.32. The lowest BCUT2D eigenvalue weighted by molar-refractivity contribution is 0.216. The zero-order valence-electron chi connectivity index (χ0n) is 11.2. The second-order valence-electron chi connectivity index (χ2n) is 4.15. The van der Waals surface area contributed by atoms with Crippen molar-refractivity contribution in [1.82, 2.24) is 0 Å². The third-order valence-electron chi connectivity index (χ3n) is 2.92. The fourth-order valence-electron chi connectivity index (χ4n) is 2.01. The Morgan fingerprint density at radius 2 is 1.95 bits per heavy atom. The monoisotopic (exact) mass is 274 g/mol. The predicted octanol–water partition coefficient (Wildman–Crippen LogP) is 3.89. The normalized spacial score (nSPS) is 12.2. The number of thioether (sulfide) groups is 1. The van der Waals surface area contributed by atoms with E-state index in [4.69, 9.17) is 4.74 Å². The van der Waals surface area contributed by atoms with Gasteiger partial charge in [-0.3, -0.25) is 0 Å². The van der Waals surface area contributed by atoms with Crippen molar-refractivity contribution in [3.05, 3.63) is 59.7 Å². The fourth-order valence-corrected chi connectivity index (χ4v) is 2.64. The quantitative estimate of drug-likeness (QED) is 0.839. The summed E-state index contributed by atoms with van der Waals surface area (Å²) in [4.78, 5) is 1.09. The standard InChI is InChI=1S/C16H18O2S/c1-3-18-13-8-6-7-12(11-13)16(17)14-9-4-5-10-15(14)19-2/h4-11,16-17H,3H2,1-2H3. The maximum absolute atomic E-state index is 10.5. The highest BCUT2D eigenvalue weighted by Gasteiger charge is 2.14. The molecule has 0 bridgehead atoms. The summed E-state index contributed by atoms with van der Waals surface area (Å²) in [5.41, 5.74) is 1.79. The number of aliphatic hydroxyl groups is 1. The van der Waals surface area contributed by atoms with Crippen molar-refractivity contribution in [3.8, 4) is 5.75 Å². The van der Waals surface area contributed by atoms with Crippen LogP contribution in [0.2, 0.25) is 0 Å². The molecule has 2 aromatic carbocycles. The van der Waals surface area contributed by atoms with Gasteiger partial charge in [-0.05, 0) is 42.5 Å². The van der Waals surface area contributed by atoms with Crippen LogP contribution in [0.1, 0.15) is 24.2 Å². The summed E-state index contributed by atoms with van der Waals surface area (Å²) in [6.45, 7) is 2.58.